The van der Waals surface area contributed by atoms with E-state index in [1.807, 2.05) is 24.3 Å². The summed E-state index contributed by atoms with van der Waals surface area (Å²) in [6.45, 7) is 3.61. The van der Waals surface area contributed by atoms with Crippen molar-refractivity contribution in [1.82, 2.24) is 0 Å². The van der Waals surface area contributed by atoms with E-state index in [9.17, 15) is 5.11 Å². The number of methoxy groups -OCH3 is 3. The second-order valence-corrected chi connectivity index (χ2v) is 7.08. The molecule has 1 N–H and O–H groups in total. The molecule has 0 saturated carbocycles. The lowest BCUT2D eigenvalue weighted by molar-refractivity contribution is 0.0710. The molecule has 4 heteroatoms. The monoisotopic (exact) mass is 358 g/mol. The van der Waals surface area contributed by atoms with Gasteiger partial charge >= 0.3 is 0 Å². The van der Waals surface area contributed by atoms with E-state index in [2.05, 4.69) is 12.1 Å². The SMILES string of the molecule is COc1cc(CCc2ccccc2)c(OC)c(OC)c1CCC(C)(C)O. The number of aryl methyl sites for hydroxylation is 2. The maximum atomic E-state index is 10.1. The summed E-state index contributed by atoms with van der Waals surface area (Å²) in [5.41, 5.74) is 2.50. The first kappa shape index (κ1) is 20.1. The third-order valence-corrected chi connectivity index (χ3v) is 4.52. The smallest absolute Gasteiger partial charge is 0.167 e. The quantitative estimate of drug-likeness (QED) is 0.730. The minimum absolute atomic E-state index is 0.603. The van der Waals surface area contributed by atoms with Gasteiger partial charge in [0.1, 0.15) is 5.75 Å². The van der Waals surface area contributed by atoms with Gasteiger partial charge in [-0.15, -0.1) is 0 Å². The molecule has 0 fully saturated rings. The van der Waals surface area contributed by atoms with Gasteiger partial charge in [-0.05, 0) is 51.2 Å². The highest BCUT2D eigenvalue weighted by atomic mass is 16.5. The van der Waals surface area contributed by atoms with E-state index in [0.717, 1.165) is 35.5 Å². The second-order valence-electron chi connectivity index (χ2n) is 7.08. The number of ether oxygens (including phenoxy) is 3. The molecule has 0 aliphatic rings. The van der Waals surface area contributed by atoms with E-state index in [0.29, 0.717) is 18.6 Å². The lowest BCUT2D eigenvalue weighted by atomic mass is 9.94. The molecule has 0 aliphatic heterocycles. The van der Waals surface area contributed by atoms with Crippen LogP contribution in [-0.4, -0.2) is 32.0 Å². The van der Waals surface area contributed by atoms with E-state index in [4.69, 9.17) is 14.2 Å². The summed E-state index contributed by atoms with van der Waals surface area (Å²) in [7, 11) is 4.97. The molecule has 0 bridgehead atoms. The highest BCUT2D eigenvalue weighted by molar-refractivity contribution is 5.58. The van der Waals surface area contributed by atoms with E-state index in [-0.39, 0.29) is 0 Å². The third-order valence-electron chi connectivity index (χ3n) is 4.52. The number of benzene rings is 2. The van der Waals surface area contributed by atoms with Crippen molar-refractivity contribution < 1.29 is 19.3 Å². The van der Waals surface area contributed by atoms with Crippen molar-refractivity contribution in [3.63, 3.8) is 0 Å². The molecule has 26 heavy (non-hydrogen) atoms. The van der Waals surface area contributed by atoms with Crippen molar-refractivity contribution in [2.24, 2.45) is 0 Å². The highest BCUT2D eigenvalue weighted by Gasteiger charge is 2.22. The summed E-state index contributed by atoms with van der Waals surface area (Å²) in [6.07, 6.45) is 2.98. The van der Waals surface area contributed by atoms with Crippen molar-refractivity contribution in [3.8, 4) is 17.2 Å². The predicted molar refractivity (Wildman–Crippen MR) is 105 cm³/mol. The molecule has 0 aromatic heterocycles. The zero-order chi connectivity index (χ0) is 19.2. The maximum Gasteiger partial charge on any atom is 0.167 e. The first-order valence-electron chi connectivity index (χ1n) is 8.96. The van der Waals surface area contributed by atoms with Crippen LogP contribution in [0, 0.1) is 0 Å². The molecule has 0 unspecified atom stereocenters. The number of hydrogen-bond donors (Lipinski definition) is 1. The van der Waals surface area contributed by atoms with Gasteiger partial charge in [-0.25, -0.2) is 0 Å². The molecular weight excluding hydrogens is 328 g/mol. The lowest BCUT2D eigenvalue weighted by Gasteiger charge is -2.22. The van der Waals surface area contributed by atoms with Gasteiger partial charge in [0.2, 0.25) is 0 Å². The fourth-order valence-electron chi connectivity index (χ4n) is 3.10. The molecule has 0 amide bonds. The number of aliphatic hydroxyl groups is 1. The zero-order valence-corrected chi connectivity index (χ0v) is 16.5. The maximum absolute atomic E-state index is 10.1. The highest BCUT2D eigenvalue weighted by Crippen LogP contribution is 2.42. The molecule has 2 aromatic rings. The minimum Gasteiger partial charge on any atom is -0.496 e. The van der Waals surface area contributed by atoms with Gasteiger partial charge in [-0.1, -0.05) is 30.3 Å². The molecule has 142 valence electrons. The lowest BCUT2D eigenvalue weighted by Crippen LogP contribution is -2.19. The Labute approximate surface area is 156 Å². The van der Waals surface area contributed by atoms with Crippen LogP contribution in [0.4, 0.5) is 0 Å². The van der Waals surface area contributed by atoms with Crippen molar-refractivity contribution in [2.45, 2.75) is 45.1 Å². The van der Waals surface area contributed by atoms with Crippen molar-refractivity contribution >= 4 is 0 Å². The summed E-state index contributed by atoms with van der Waals surface area (Å²) in [5.74, 6) is 2.21. The third kappa shape index (κ3) is 5.15. The molecule has 2 aromatic carbocycles. The average molecular weight is 358 g/mol. The Morgan fingerprint density at radius 3 is 2.04 bits per heavy atom. The zero-order valence-electron chi connectivity index (χ0n) is 16.5. The molecule has 2 rings (SSSR count). The van der Waals surface area contributed by atoms with Crippen molar-refractivity contribution in [1.29, 1.82) is 0 Å². The number of rotatable bonds is 9. The molecular formula is C22H30O4. The van der Waals surface area contributed by atoms with Crippen molar-refractivity contribution in [3.05, 3.63) is 53.1 Å². The van der Waals surface area contributed by atoms with E-state index in [1.54, 1.807) is 35.2 Å². The Morgan fingerprint density at radius 1 is 0.846 bits per heavy atom. The van der Waals surface area contributed by atoms with Crippen LogP contribution in [-0.2, 0) is 19.3 Å². The molecule has 4 nitrogen and oxygen atoms in total. The van der Waals surface area contributed by atoms with Crippen LogP contribution in [0.25, 0.3) is 0 Å². The van der Waals surface area contributed by atoms with Gasteiger partial charge in [0.05, 0.1) is 26.9 Å². The van der Waals surface area contributed by atoms with Crippen LogP contribution >= 0.6 is 0 Å². The second kappa shape index (κ2) is 8.95. The largest absolute Gasteiger partial charge is 0.496 e. The summed E-state index contributed by atoms with van der Waals surface area (Å²) in [4.78, 5) is 0. The van der Waals surface area contributed by atoms with Crippen LogP contribution in [0.1, 0.15) is 37.0 Å². The molecule has 0 radical (unpaired) electrons. The summed E-state index contributed by atoms with van der Waals surface area (Å²) in [5, 5.41) is 10.1. The standard InChI is InChI=1S/C22H30O4/c1-22(2,23)14-13-18-19(24-3)15-17(20(25-4)21(18)26-5)12-11-16-9-7-6-8-10-16/h6-10,15,23H,11-14H2,1-5H3. The van der Waals surface area contributed by atoms with Gasteiger partial charge < -0.3 is 19.3 Å². The van der Waals surface area contributed by atoms with E-state index < -0.39 is 5.60 Å². The Morgan fingerprint density at radius 2 is 1.50 bits per heavy atom. The Balaban J connectivity index is 2.36. The van der Waals surface area contributed by atoms with Gasteiger partial charge in [0.15, 0.2) is 11.5 Å². The van der Waals surface area contributed by atoms with Gasteiger partial charge in [0, 0.05) is 11.1 Å². The summed E-state index contributed by atoms with van der Waals surface area (Å²) in [6, 6.07) is 12.4. The Kier molecular flexibility index (Phi) is 6.92. The summed E-state index contributed by atoms with van der Waals surface area (Å²) >= 11 is 0. The van der Waals surface area contributed by atoms with Gasteiger partial charge in [-0.2, -0.15) is 0 Å². The number of hydrogen-bond acceptors (Lipinski definition) is 4. The normalized spacial score (nSPS) is 11.3. The summed E-state index contributed by atoms with van der Waals surface area (Å²) < 4.78 is 17.0. The minimum atomic E-state index is -0.755. The fourth-order valence-corrected chi connectivity index (χ4v) is 3.10. The van der Waals surface area contributed by atoms with Crippen LogP contribution in [0.3, 0.4) is 0 Å². The Bertz CT molecular complexity index is 702. The molecule has 0 atom stereocenters. The van der Waals surface area contributed by atoms with E-state index >= 15 is 0 Å². The molecule has 0 spiro atoms. The average Bonchev–Trinajstić information content (AvgIpc) is 2.63. The first-order valence-corrected chi connectivity index (χ1v) is 8.96. The van der Waals surface area contributed by atoms with Crippen molar-refractivity contribution in [2.75, 3.05) is 21.3 Å². The molecule has 0 saturated heterocycles. The topological polar surface area (TPSA) is 47.9 Å². The van der Waals surface area contributed by atoms with Crippen LogP contribution in [0.15, 0.2) is 36.4 Å². The molecule has 0 aliphatic carbocycles. The van der Waals surface area contributed by atoms with Gasteiger partial charge in [0.25, 0.3) is 0 Å². The van der Waals surface area contributed by atoms with Gasteiger partial charge in [-0.3, -0.25) is 0 Å². The first-order chi connectivity index (χ1) is 12.4. The van der Waals surface area contributed by atoms with Crippen LogP contribution in [0.2, 0.25) is 0 Å². The molecule has 0 heterocycles. The Hall–Kier alpha value is -2.20. The predicted octanol–water partition coefficient (Wildman–Crippen LogP) is 4.20. The van der Waals surface area contributed by atoms with E-state index in [1.165, 1.54) is 5.56 Å². The fraction of sp³-hybridized carbons (Fsp3) is 0.455. The van der Waals surface area contributed by atoms with Crippen LogP contribution < -0.4 is 14.2 Å². The van der Waals surface area contributed by atoms with Crippen LogP contribution in [0.5, 0.6) is 17.2 Å².